The fraction of sp³-hybridized carbons (Fsp3) is 0.222. The van der Waals surface area contributed by atoms with Crippen LogP contribution < -0.4 is 4.90 Å². The zero-order valence-corrected chi connectivity index (χ0v) is 13.6. The zero-order chi connectivity index (χ0) is 17.4. The standard InChI is InChI=1S/C18H16F2N4O/c1-23-6-7-24(14-3-4-15(19)16(20)9-14)17-5-2-12(8-13(17)10-23)18-22-21-11-25-18/h2-5,8-9,11H,6-7,10H2,1H3. The van der Waals surface area contributed by atoms with Crippen molar-refractivity contribution in [1.29, 1.82) is 0 Å². The highest BCUT2D eigenvalue weighted by atomic mass is 19.2. The molecule has 0 spiro atoms. The van der Waals surface area contributed by atoms with E-state index in [1.54, 1.807) is 6.07 Å². The van der Waals surface area contributed by atoms with Crippen LogP contribution in [0.25, 0.3) is 11.5 Å². The minimum atomic E-state index is -0.848. The number of fused-ring (bicyclic) bond motifs is 1. The molecule has 0 amide bonds. The molecule has 1 aliphatic heterocycles. The Hall–Kier alpha value is -2.80. The predicted molar refractivity (Wildman–Crippen MR) is 89.4 cm³/mol. The molecule has 0 unspecified atom stereocenters. The number of anilines is 2. The van der Waals surface area contributed by atoms with Crippen LogP contribution in [0.1, 0.15) is 5.56 Å². The van der Waals surface area contributed by atoms with E-state index in [4.69, 9.17) is 4.42 Å². The lowest BCUT2D eigenvalue weighted by Gasteiger charge is -2.25. The molecule has 0 fully saturated rings. The van der Waals surface area contributed by atoms with Crippen molar-refractivity contribution in [2.24, 2.45) is 0 Å². The van der Waals surface area contributed by atoms with E-state index in [9.17, 15) is 8.78 Å². The number of hydrogen-bond donors (Lipinski definition) is 0. The van der Waals surface area contributed by atoms with Crippen molar-refractivity contribution in [3.8, 4) is 11.5 Å². The van der Waals surface area contributed by atoms with Crippen molar-refractivity contribution in [2.75, 3.05) is 25.0 Å². The Morgan fingerprint density at radius 3 is 2.68 bits per heavy atom. The number of benzene rings is 2. The molecule has 25 heavy (non-hydrogen) atoms. The van der Waals surface area contributed by atoms with E-state index in [1.165, 1.54) is 12.5 Å². The van der Waals surface area contributed by atoms with Gasteiger partial charge in [0.1, 0.15) is 0 Å². The lowest BCUT2D eigenvalue weighted by Crippen LogP contribution is -2.26. The van der Waals surface area contributed by atoms with Crippen LogP contribution in [-0.2, 0) is 6.54 Å². The molecule has 128 valence electrons. The molecule has 0 bridgehead atoms. The summed E-state index contributed by atoms with van der Waals surface area (Å²) in [6.45, 7) is 2.20. The molecule has 0 atom stereocenters. The number of likely N-dealkylation sites (N-methyl/N-ethyl adjacent to an activating group) is 1. The largest absolute Gasteiger partial charge is 0.423 e. The average Bonchev–Trinajstić information content (AvgIpc) is 3.08. The van der Waals surface area contributed by atoms with Crippen molar-refractivity contribution < 1.29 is 13.2 Å². The summed E-state index contributed by atoms with van der Waals surface area (Å²) in [5.41, 5.74) is 3.47. The van der Waals surface area contributed by atoms with Crippen molar-refractivity contribution in [3.05, 3.63) is 60.0 Å². The third-order valence-electron chi connectivity index (χ3n) is 4.34. The zero-order valence-electron chi connectivity index (χ0n) is 13.6. The first-order chi connectivity index (χ1) is 12.1. The Morgan fingerprint density at radius 1 is 1.04 bits per heavy atom. The summed E-state index contributed by atoms with van der Waals surface area (Å²) in [6.07, 6.45) is 1.29. The van der Waals surface area contributed by atoms with Crippen LogP contribution >= 0.6 is 0 Å². The number of aromatic nitrogens is 2. The number of hydrogen-bond acceptors (Lipinski definition) is 5. The second kappa shape index (κ2) is 6.25. The highest BCUT2D eigenvalue weighted by molar-refractivity contribution is 5.71. The molecule has 1 aliphatic rings. The topological polar surface area (TPSA) is 45.4 Å². The molecule has 0 radical (unpaired) electrons. The van der Waals surface area contributed by atoms with Gasteiger partial charge in [-0.2, -0.15) is 0 Å². The van der Waals surface area contributed by atoms with Gasteiger partial charge in [-0.15, -0.1) is 10.2 Å². The van der Waals surface area contributed by atoms with Gasteiger partial charge in [0.05, 0.1) is 0 Å². The Morgan fingerprint density at radius 2 is 1.92 bits per heavy atom. The molecule has 1 aromatic heterocycles. The average molecular weight is 342 g/mol. The van der Waals surface area contributed by atoms with E-state index < -0.39 is 11.6 Å². The van der Waals surface area contributed by atoms with Gasteiger partial charge >= 0.3 is 0 Å². The summed E-state index contributed by atoms with van der Waals surface area (Å²) in [6, 6.07) is 9.83. The first kappa shape index (κ1) is 15.7. The van der Waals surface area contributed by atoms with E-state index in [0.717, 1.165) is 36.0 Å². The highest BCUT2D eigenvalue weighted by Crippen LogP contribution is 2.34. The van der Waals surface area contributed by atoms with E-state index in [0.29, 0.717) is 18.1 Å². The van der Waals surface area contributed by atoms with E-state index in [1.807, 2.05) is 30.1 Å². The van der Waals surface area contributed by atoms with Crippen LogP contribution in [0.3, 0.4) is 0 Å². The van der Waals surface area contributed by atoms with Gasteiger partial charge in [-0.1, -0.05) is 0 Å². The van der Waals surface area contributed by atoms with Crippen molar-refractivity contribution in [3.63, 3.8) is 0 Å². The summed E-state index contributed by atoms with van der Waals surface area (Å²) in [5.74, 6) is -1.24. The van der Waals surface area contributed by atoms with Gasteiger partial charge < -0.3 is 14.2 Å². The maximum absolute atomic E-state index is 13.7. The maximum Gasteiger partial charge on any atom is 0.247 e. The van der Waals surface area contributed by atoms with E-state index in [-0.39, 0.29) is 0 Å². The summed E-state index contributed by atoms with van der Waals surface area (Å²) in [5, 5.41) is 7.65. The number of halogens is 2. The second-order valence-corrected chi connectivity index (χ2v) is 6.08. The van der Waals surface area contributed by atoms with E-state index in [2.05, 4.69) is 15.1 Å². The van der Waals surface area contributed by atoms with Gasteiger partial charge in [-0.3, -0.25) is 0 Å². The molecule has 2 aromatic carbocycles. The van der Waals surface area contributed by atoms with Crippen LogP contribution in [0, 0.1) is 11.6 Å². The van der Waals surface area contributed by atoms with Crippen LogP contribution in [0.15, 0.2) is 47.2 Å². The molecule has 4 rings (SSSR count). The molecular weight excluding hydrogens is 326 g/mol. The third kappa shape index (κ3) is 2.98. The van der Waals surface area contributed by atoms with Crippen LogP contribution in [0.2, 0.25) is 0 Å². The fourth-order valence-electron chi connectivity index (χ4n) is 3.09. The Bertz CT molecular complexity index is 898. The van der Waals surface area contributed by atoms with Gasteiger partial charge in [0.15, 0.2) is 11.6 Å². The van der Waals surface area contributed by atoms with Crippen LogP contribution in [-0.4, -0.2) is 35.2 Å². The summed E-state index contributed by atoms with van der Waals surface area (Å²) in [7, 11) is 2.03. The van der Waals surface area contributed by atoms with Crippen LogP contribution in [0.5, 0.6) is 0 Å². The molecule has 2 heterocycles. The lowest BCUT2D eigenvalue weighted by molar-refractivity contribution is 0.343. The van der Waals surface area contributed by atoms with Gasteiger partial charge in [0.25, 0.3) is 0 Å². The number of rotatable bonds is 2. The van der Waals surface area contributed by atoms with Crippen molar-refractivity contribution in [1.82, 2.24) is 15.1 Å². The summed E-state index contributed by atoms with van der Waals surface area (Å²) < 4.78 is 32.3. The fourth-order valence-corrected chi connectivity index (χ4v) is 3.09. The Balaban J connectivity index is 1.79. The molecule has 3 aromatic rings. The first-order valence-electron chi connectivity index (χ1n) is 7.92. The van der Waals surface area contributed by atoms with E-state index >= 15 is 0 Å². The predicted octanol–water partition coefficient (Wildman–Crippen LogP) is 3.60. The summed E-state index contributed by atoms with van der Waals surface area (Å²) >= 11 is 0. The monoisotopic (exact) mass is 342 g/mol. The quantitative estimate of drug-likeness (QED) is 0.712. The first-order valence-corrected chi connectivity index (χ1v) is 7.92. The third-order valence-corrected chi connectivity index (χ3v) is 4.34. The number of nitrogens with zero attached hydrogens (tertiary/aromatic N) is 4. The molecule has 5 nitrogen and oxygen atoms in total. The minimum absolute atomic E-state index is 0.453. The molecule has 0 saturated carbocycles. The molecular formula is C18H16F2N4O. The van der Waals surface area contributed by atoms with Gasteiger partial charge in [-0.05, 0) is 42.9 Å². The molecule has 7 heteroatoms. The molecule has 0 N–H and O–H groups in total. The van der Waals surface area contributed by atoms with Gasteiger partial charge in [-0.25, -0.2) is 8.78 Å². The normalized spacial score (nSPS) is 15.1. The summed E-state index contributed by atoms with van der Waals surface area (Å²) in [4.78, 5) is 4.18. The minimum Gasteiger partial charge on any atom is -0.423 e. The lowest BCUT2D eigenvalue weighted by atomic mass is 10.1. The Kier molecular flexibility index (Phi) is 3.93. The smallest absolute Gasteiger partial charge is 0.247 e. The molecule has 0 saturated heterocycles. The highest BCUT2D eigenvalue weighted by Gasteiger charge is 2.21. The van der Waals surface area contributed by atoms with Gasteiger partial charge in [0, 0.05) is 42.6 Å². The van der Waals surface area contributed by atoms with Crippen LogP contribution in [0.4, 0.5) is 20.2 Å². The SMILES string of the molecule is CN1CCN(c2ccc(F)c(F)c2)c2ccc(-c3nnco3)cc2C1. The second-order valence-electron chi connectivity index (χ2n) is 6.08. The van der Waals surface area contributed by atoms with Crippen molar-refractivity contribution in [2.45, 2.75) is 6.54 Å². The van der Waals surface area contributed by atoms with Crippen molar-refractivity contribution >= 4 is 11.4 Å². The van der Waals surface area contributed by atoms with Gasteiger partial charge in [0.2, 0.25) is 12.3 Å². The maximum atomic E-state index is 13.7. The molecule has 0 aliphatic carbocycles. The Labute approximate surface area is 143 Å².